The van der Waals surface area contributed by atoms with Gasteiger partial charge in [0, 0.05) is 22.2 Å². The van der Waals surface area contributed by atoms with Crippen LogP contribution in [0.25, 0.3) is 0 Å². The Hall–Kier alpha value is -4.32. The van der Waals surface area contributed by atoms with Gasteiger partial charge in [0.2, 0.25) is 5.75 Å². The number of ether oxygens (including phenoxy) is 3. The van der Waals surface area contributed by atoms with Crippen LogP contribution in [0.5, 0.6) is 23.0 Å². The van der Waals surface area contributed by atoms with E-state index in [0.29, 0.717) is 30.2 Å². The molecule has 0 atom stereocenters. The summed E-state index contributed by atoms with van der Waals surface area (Å²) >= 11 is 6.02. The average molecular weight is 538 g/mol. The highest BCUT2D eigenvalue weighted by Crippen LogP contribution is 2.38. The van der Waals surface area contributed by atoms with E-state index in [0.717, 1.165) is 6.07 Å². The lowest BCUT2D eigenvalue weighted by Gasteiger charge is -2.12. The summed E-state index contributed by atoms with van der Waals surface area (Å²) in [6.45, 7) is 2.13. The highest BCUT2D eigenvalue weighted by atomic mass is 35.5. The van der Waals surface area contributed by atoms with Crippen molar-refractivity contribution in [2.24, 2.45) is 5.10 Å². The van der Waals surface area contributed by atoms with Crippen LogP contribution in [-0.2, 0) is 6.18 Å². The zero-order valence-electron chi connectivity index (χ0n) is 19.3. The lowest BCUT2D eigenvalue weighted by molar-refractivity contribution is -0.385. The summed E-state index contributed by atoms with van der Waals surface area (Å²) in [4.78, 5) is 22.9. The monoisotopic (exact) mass is 537 g/mol. The van der Waals surface area contributed by atoms with Crippen molar-refractivity contribution in [1.29, 1.82) is 0 Å². The van der Waals surface area contributed by atoms with Crippen molar-refractivity contribution < 1.29 is 37.1 Å². The van der Waals surface area contributed by atoms with Crippen LogP contribution in [0.3, 0.4) is 0 Å². The average Bonchev–Trinajstić information content (AvgIpc) is 2.85. The van der Waals surface area contributed by atoms with Gasteiger partial charge in [0.25, 0.3) is 5.91 Å². The Morgan fingerprint density at radius 3 is 2.43 bits per heavy atom. The maximum Gasteiger partial charge on any atom is 0.416 e. The van der Waals surface area contributed by atoms with E-state index in [4.69, 9.17) is 25.8 Å². The van der Waals surface area contributed by atoms with Crippen LogP contribution in [0.4, 0.5) is 18.9 Å². The van der Waals surface area contributed by atoms with Crippen molar-refractivity contribution in [3.63, 3.8) is 0 Å². The predicted molar refractivity (Wildman–Crippen MR) is 129 cm³/mol. The third-order valence-corrected chi connectivity index (χ3v) is 5.01. The van der Waals surface area contributed by atoms with Crippen molar-refractivity contribution in [3.05, 3.63) is 86.4 Å². The molecule has 0 saturated carbocycles. The van der Waals surface area contributed by atoms with Crippen molar-refractivity contribution in [2.45, 2.75) is 13.1 Å². The minimum atomic E-state index is -4.77. The normalized spacial score (nSPS) is 11.3. The first kappa shape index (κ1) is 27.3. The zero-order chi connectivity index (χ0) is 27.2. The second-order valence-corrected chi connectivity index (χ2v) is 7.66. The van der Waals surface area contributed by atoms with Crippen LogP contribution in [0, 0.1) is 10.1 Å². The molecular weight excluding hydrogens is 519 g/mol. The van der Waals surface area contributed by atoms with Crippen LogP contribution in [0.1, 0.15) is 28.4 Å². The molecule has 3 aromatic carbocycles. The molecule has 37 heavy (non-hydrogen) atoms. The van der Waals surface area contributed by atoms with E-state index in [1.165, 1.54) is 43.7 Å². The van der Waals surface area contributed by atoms with E-state index in [1.54, 1.807) is 13.0 Å². The number of amides is 1. The SMILES string of the molecule is CCOc1cc(C(=O)N/N=C/c2cc(Cl)ccc2Oc2ccc(C(F)(F)F)cc2[N+](=O)[O-])ccc1OC. The van der Waals surface area contributed by atoms with E-state index < -0.39 is 34.0 Å². The number of rotatable bonds is 9. The number of hydrogen-bond donors (Lipinski definition) is 1. The van der Waals surface area contributed by atoms with Crippen molar-refractivity contribution in [2.75, 3.05) is 13.7 Å². The van der Waals surface area contributed by atoms with Crippen LogP contribution < -0.4 is 19.6 Å². The van der Waals surface area contributed by atoms with Crippen LogP contribution in [0.2, 0.25) is 5.02 Å². The summed E-state index contributed by atoms with van der Waals surface area (Å²) in [7, 11) is 1.46. The number of alkyl halides is 3. The largest absolute Gasteiger partial charge is 0.493 e. The van der Waals surface area contributed by atoms with Crippen molar-refractivity contribution in [1.82, 2.24) is 5.43 Å². The molecule has 0 aromatic heterocycles. The molecule has 194 valence electrons. The number of methoxy groups -OCH3 is 1. The lowest BCUT2D eigenvalue weighted by Crippen LogP contribution is -2.17. The molecule has 3 aromatic rings. The number of benzene rings is 3. The van der Waals surface area contributed by atoms with Gasteiger partial charge in [-0.15, -0.1) is 0 Å². The van der Waals surface area contributed by atoms with E-state index >= 15 is 0 Å². The molecule has 0 fully saturated rings. The highest BCUT2D eigenvalue weighted by molar-refractivity contribution is 6.30. The number of carbonyl (C=O) groups excluding carboxylic acids is 1. The Bertz CT molecular complexity index is 1350. The van der Waals surface area contributed by atoms with Gasteiger partial charge in [0.15, 0.2) is 11.5 Å². The quantitative estimate of drug-likeness (QED) is 0.197. The fourth-order valence-corrected chi connectivity index (χ4v) is 3.25. The van der Waals surface area contributed by atoms with E-state index in [-0.39, 0.29) is 21.9 Å². The van der Waals surface area contributed by atoms with E-state index in [2.05, 4.69) is 10.5 Å². The number of nitro benzene ring substituents is 1. The Balaban J connectivity index is 1.84. The first-order valence-corrected chi connectivity index (χ1v) is 10.9. The third-order valence-electron chi connectivity index (χ3n) is 4.77. The van der Waals surface area contributed by atoms with Gasteiger partial charge in [-0.25, -0.2) is 5.43 Å². The summed E-state index contributed by atoms with van der Waals surface area (Å²) in [6, 6.07) is 10.6. The summed E-state index contributed by atoms with van der Waals surface area (Å²) in [5, 5.41) is 15.5. The molecule has 0 heterocycles. The first-order valence-electron chi connectivity index (χ1n) is 10.5. The molecular formula is C24H19ClF3N3O6. The maximum absolute atomic E-state index is 13.0. The van der Waals surface area contributed by atoms with Gasteiger partial charge in [-0.05, 0) is 55.5 Å². The highest BCUT2D eigenvalue weighted by Gasteiger charge is 2.33. The molecule has 1 N–H and O–H groups in total. The molecule has 0 saturated heterocycles. The Morgan fingerprint density at radius 2 is 1.78 bits per heavy atom. The summed E-state index contributed by atoms with van der Waals surface area (Å²) in [5.74, 6) is -0.206. The minimum absolute atomic E-state index is 0.00617. The lowest BCUT2D eigenvalue weighted by atomic mass is 10.1. The molecule has 3 rings (SSSR count). The summed E-state index contributed by atoms with van der Waals surface area (Å²) in [5.41, 5.74) is 0.654. The molecule has 0 aliphatic heterocycles. The predicted octanol–water partition coefficient (Wildman–Crippen LogP) is 6.23. The number of carbonyl (C=O) groups is 1. The number of hydrazone groups is 1. The number of nitro groups is 1. The molecule has 0 aliphatic carbocycles. The topological polar surface area (TPSA) is 112 Å². The molecule has 9 nitrogen and oxygen atoms in total. The van der Waals surface area contributed by atoms with E-state index in [9.17, 15) is 28.1 Å². The number of nitrogens with zero attached hydrogens (tertiary/aromatic N) is 2. The second kappa shape index (κ2) is 11.6. The molecule has 0 aliphatic rings. The van der Waals surface area contributed by atoms with Crippen molar-refractivity contribution >= 4 is 29.4 Å². The van der Waals surface area contributed by atoms with Gasteiger partial charge in [0.05, 0.1) is 30.4 Å². The molecule has 0 unspecified atom stereocenters. The van der Waals surface area contributed by atoms with E-state index in [1.807, 2.05) is 0 Å². The van der Waals surface area contributed by atoms with Gasteiger partial charge in [0.1, 0.15) is 5.75 Å². The number of nitrogens with one attached hydrogen (secondary N) is 1. The molecule has 0 bridgehead atoms. The Kier molecular flexibility index (Phi) is 8.56. The van der Waals surface area contributed by atoms with Crippen LogP contribution in [0.15, 0.2) is 59.7 Å². The fraction of sp³-hybridized carbons (Fsp3) is 0.167. The van der Waals surface area contributed by atoms with Crippen LogP contribution >= 0.6 is 11.6 Å². The fourth-order valence-electron chi connectivity index (χ4n) is 3.07. The summed E-state index contributed by atoms with van der Waals surface area (Å²) < 4.78 is 55.1. The van der Waals surface area contributed by atoms with Crippen molar-refractivity contribution in [3.8, 4) is 23.0 Å². The molecule has 13 heteroatoms. The first-order chi connectivity index (χ1) is 17.5. The van der Waals surface area contributed by atoms with Gasteiger partial charge in [-0.2, -0.15) is 18.3 Å². The minimum Gasteiger partial charge on any atom is -0.493 e. The zero-order valence-corrected chi connectivity index (χ0v) is 20.1. The number of halogens is 4. The Labute approximate surface area is 213 Å². The van der Waals surface area contributed by atoms with Gasteiger partial charge >= 0.3 is 11.9 Å². The Morgan fingerprint density at radius 1 is 1.08 bits per heavy atom. The maximum atomic E-state index is 13.0. The van der Waals surface area contributed by atoms with Crippen LogP contribution in [-0.4, -0.2) is 30.8 Å². The summed E-state index contributed by atoms with van der Waals surface area (Å²) in [6.07, 6.45) is -3.60. The molecule has 0 spiro atoms. The smallest absolute Gasteiger partial charge is 0.416 e. The molecule has 1 amide bonds. The number of hydrogen-bond acceptors (Lipinski definition) is 7. The van der Waals surface area contributed by atoms with Gasteiger partial charge in [-0.1, -0.05) is 11.6 Å². The van der Waals surface area contributed by atoms with Gasteiger partial charge < -0.3 is 14.2 Å². The molecule has 0 radical (unpaired) electrons. The standard InChI is InChI=1S/C24H19ClF3N3O6/c1-3-36-22-11-14(4-7-21(22)35-2)23(32)30-29-13-15-10-17(25)6-9-19(15)37-20-8-5-16(24(26,27)28)12-18(20)31(33)34/h4-13H,3H2,1-2H3,(H,30,32)/b29-13+. The van der Waals surface area contributed by atoms with Gasteiger partial charge in [-0.3, -0.25) is 14.9 Å². The second-order valence-electron chi connectivity index (χ2n) is 7.22. The third kappa shape index (κ3) is 6.88.